The van der Waals surface area contributed by atoms with Crippen LogP contribution in [-0.2, 0) is 16.0 Å². The summed E-state index contributed by atoms with van der Waals surface area (Å²) >= 11 is 0. The highest BCUT2D eigenvalue weighted by atomic mass is 16.6. The molecule has 3 rings (SSSR count). The quantitative estimate of drug-likeness (QED) is 0.400. The monoisotopic (exact) mass is 426 g/mol. The molecule has 2 aromatic carbocycles. The van der Waals surface area contributed by atoms with E-state index in [9.17, 15) is 25.7 Å². The van der Waals surface area contributed by atoms with E-state index in [0.717, 1.165) is 22.4 Å². The van der Waals surface area contributed by atoms with E-state index in [0.29, 0.717) is 17.5 Å². The number of nitrogens with zero attached hydrogens (tertiary/aromatic N) is 2. The van der Waals surface area contributed by atoms with E-state index in [1.165, 1.54) is 7.11 Å². The predicted octanol–water partition coefficient (Wildman–Crippen LogP) is 1.03. The van der Waals surface area contributed by atoms with Gasteiger partial charge >= 0.3 is 0 Å². The smallest absolute Gasteiger partial charge is 0.113 e. The maximum atomic E-state index is 10.4. The van der Waals surface area contributed by atoms with Crippen molar-refractivity contribution in [2.75, 3.05) is 13.7 Å². The van der Waals surface area contributed by atoms with Gasteiger partial charge in [-0.15, -0.1) is 0 Å². The van der Waals surface area contributed by atoms with Crippen molar-refractivity contribution >= 4 is 5.71 Å². The van der Waals surface area contributed by atoms with Crippen LogP contribution in [0, 0.1) is 11.3 Å². The van der Waals surface area contributed by atoms with Gasteiger partial charge in [0.15, 0.2) is 0 Å². The van der Waals surface area contributed by atoms with Gasteiger partial charge in [0, 0.05) is 0 Å². The average molecular weight is 426 g/mol. The first-order valence-electron chi connectivity index (χ1n) is 9.90. The number of benzene rings is 2. The van der Waals surface area contributed by atoms with Crippen LogP contribution in [0.25, 0.3) is 0 Å². The van der Waals surface area contributed by atoms with Crippen molar-refractivity contribution < 1.29 is 30.0 Å². The summed E-state index contributed by atoms with van der Waals surface area (Å²) in [6.07, 6.45) is -5.72. The van der Waals surface area contributed by atoms with Crippen molar-refractivity contribution in [3.8, 4) is 6.07 Å². The third-order valence-corrected chi connectivity index (χ3v) is 5.47. The molecule has 8 heteroatoms. The van der Waals surface area contributed by atoms with Gasteiger partial charge in [0.25, 0.3) is 0 Å². The fourth-order valence-electron chi connectivity index (χ4n) is 3.70. The molecule has 1 aliphatic rings. The van der Waals surface area contributed by atoms with Crippen LogP contribution in [0.1, 0.15) is 40.8 Å². The summed E-state index contributed by atoms with van der Waals surface area (Å²) in [5.74, 6) is 0. The largest absolute Gasteiger partial charge is 0.399 e. The van der Waals surface area contributed by atoms with E-state index in [2.05, 4.69) is 11.2 Å². The SMILES string of the molecule is CON=C(C)c1ccc(Cc2cc(C3OC(CO)C(O)C(O)C3O)ccc2C#N)cc1. The number of rotatable bonds is 6. The van der Waals surface area contributed by atoms with Crippen LogP contribution in [0.15, 0.2) is 47.6 Å². The number of nitriles is 1. The maximum Gasteiger partial charge on any atom is 0.113 e. The molecule has 1 saturated heterocycles. The Morgan fingerprint density at radius 1 is 1.10 bits per heavy atom. The van der Waals surface area contributed by atoms with Gasteiger partial charge in [-0.3, -0.25) is 0 Å². The normalized spacial score (nSPS) is 26.4. The number of ether oxygens (including phenoxy) is 1. The first-order valence-corrected chi connectivity index (χ1v) is 9.90. The molecule has 1 fully saturated rings. The Kier molecular flexibility index (Phi) is 7.38. The van der Waals surface area contributed by atoms with E-state index >= 15 is 0 Å². The Balaban J connectivity index is 1.88. The molecule has 1 aliphatic heterocycles. The van der Waals surface area contributed by atoms with Gasteiger partial charge < -0.3 is 30.0 Å². The van der Waals surface area contributed by atoms with E-state index < -0.39 is 37.1 Å². The summed E-state index contributed by atoms with van der Waals surface area (Å²) in [6.45, 7) is 1.35. The summed E-state index contributed by atoms with van der Waals surface area (Å²) in [5.41, 5.74) is 4.39. The van der Waals surface area contributed by atoms with Gasteiger partial charge in [0.05, 0.1) is 24.0 Å². The Labute approximate surface area is 180 Å². The van der Waals surface area contributed by atoms with E-state index in [1.807, 2.05) is 31.2 Å². The minimum Gasteiger partial charge on any atom is -0.399 e. The lowest BCUT2D eigenvalue weighted by Crippen LogP contribution is -2.55. The summed E-state index contributed by atoms with van der Waals surface area (Å²) in [5, 5.41) is 53.3. The van der Waals surface area contributed by atoms with Crippen LogP contribution < -0.4 is 0 Å². The summed E-state index contributed by atoms with van der Waals surface area (Å²) in [7, 11) is 1.49. The lowest BCUT2D eigenvalue weighted by molar-refractivity contribution is -0.231. The highest BCUT2D eigenvalue weighted by Crippen LogP contribution is 2.33. The standard InChI is InChI=1S/C23H26N2O6/c1-13(25-30-2)15-5-3-14(4-6-15)9-18-10-16(7-8-17(18)11-24)23-22(29)21(28)20(27)19(12-26)31-23/h3-8,10,19-23,26-29H,9,12H2,1-2H3. The van der Waals surface area contributed by atoms with Crippen molar-refractivity contribution in [1.29, 1.82) is 5.26 Å². The molecular formula is C23H26N2O6. The number of aliphatic hydroxyl groups is 4. The predicted molar refractivity (Wildman–Crippen MR) is 112 cm³/mol. The molecule has 0 bridgehead atoms. The van der Waals surface area contributed by atoms with Crippen molar-refractivity contribution in [3.63, 3.8) is 0 Å². The Morgan fingerprint density at radius 3 is 2.42 bits per heavy atom. The van der Waals surface area contributed by atoms with Crippen LogP contribution >= 0.6 is 0 Å². The highest BCUT2D eigenvalue weighted by molar-refractivity contribution is 5.98. The third-order valence-electron chi connectivity index (χ3n) is 5.47. The molecular weight excluding hydrogens is 400 g/mol. The molecule has 0 aliphatic carbocycles. The van der Waals surface area contributed by atoms with Crippen molar-refractivity contribution in [3.05, 3.63) is 70.3 Å². The molecule has 4 N–H and O–H groups in total. The molecule has 2 aromatic rings. The molecule has 0 spiro atoms. The lowest BCUT2D eigenvalue weighted by Gasteiger charge is -2.40. The number of hydrogen-bond acceptors (Lipinski definition) is 8. The van der Waals surface area contributed by atoms with Crippen LogP contribution in [0.4, 0.5) is 0 Å². The van der Waals surface area contributed by atoms with Crippen molar-refractivity contribution in [1.82, 2.24) is 0 Å². The lowest BCUT2D eigenvalue weighted by atomic mass is 9.89. The second kappa shape index (κ2) is 10.0. The molecule has 0 radical (unpaired) electrons. The molecule has 5 atom stereocenters. The van der Waals surface area contributed by atoms with Crippen LogP contribution in [-0.4, -0.2) is 64.3 Å². The molecule has 31 heavy (non-hydrogen) atoms. The first-order chi connectivity index (χ1) is 14.9. The molecule has 1 heterocycles. The maximum absolute atomic E-state index is 10.4. The van der Waals surface area contributed by atoms with E-state index in [4.69, 9.17) is 9.57 Å². The zero-order chi connectivity index (χ0) is 22.5. The van der Waals surface area contributed by atoms with Gasteiger partial charge in [0.2, 0.25) is 0 Å². The first kappa shape index (κ1) is 22.9. The number of aliphatic hydroxyl groups excluding tert-OH is 4. The molecule has 164 valence electrons. The van der Waals surface area contributed by atoms with E-state index in [1.54, 1.807) is 18.2 Å². The zero-order valence-electron chi connectivity index (χ0n) is 17.3. The molecule has 8 nitrogen and oxygen atoms in total. The molecule has 5 unspecified atom stereocenters. The minimum absolute atomic E-state index is 0.467. The van der Waals surface area contributed by atoms with Gasteiger partial charge in [-0.2, -0.15) is 5.26 Å². The Morgan fingerprint density at radius 2 is 1.81 bits per heavy atom. The molecule has 0 amide bonds. The van der Waals surface area contributed by atoms with Crippen LogP contribution in [0.5, 0.6) is 0 Å². The topological polar surface area (TPSA) is 136 Å². The fourth-order valence-corrected chi connectivity index (χ4v) is 3.70. The van der Waals surface area contributed by atoms with Crippen LogP contribution in [0.3, 0.4) is 0 Å². The average Bonchev–Trinajstić information content (AvgIpc) is 2.78. The van der Waals surface area contributed by atoms with Crippen molar-refractivity contribution in [2.24, 2.45) is 5.16 Å². The Hall–Kier alpha value is -2.80. The number of hydrogen-bond donors (Lipinski definition) is 4. The fraction of sp³-hybridized carbons (Fsp3) is 0.391. The van der Waals surface area contributed by atoms with Gasteiger partial charge in [-0.1, -0.05) is 41.6 Å². The van der Waals surface area contributed by atoms with Gasteiger partial charge in [-0.05, 0) is 41.7 Å². The zero-order valence-corrected chi connectivity index (χ0v) is 17.3. The van der Waals surface area contributed by atoms with Gasteiger partial charge in [-0.25, -0.2) is 0 Å². The summed E-state index contributed by atoms with van der Waals surface area (Å²) in [4.78, 5) is 4.79. The molecule has 0 aromatic heterocycles. The Bertz CT molecular complexity index is 967. The highest BCUT2D eigenvalue weighted by Gasteiger charge is 2.44. The summed E-state index contributed by atoms with van der Waals surface area (Å²) < 4.78 is 5.64. The van der Waals surface area contributed by atoms with Crippen molar-refractivity contribution in [2.45, 2.75) is 43.9 Å². The number of oxime groups is 1. The third kappa shape index (κ3) is 4.93. The van der Waals surface area contributed by atoms with Crippen LogP contribution in [0.2, 0.25) is 0 Å². The second-order valence-corrected chi connectivity index (χ2v) is 7.51. The summed E-state index contributed by atoms with van der Waals surface area (Å²) in [6, 6.07) is 14.9. The van der Waals surface area contributed by atoms with E-state index in [-0.39, 0.29) is 0 Å². The second-order valence-electron chi connectivity index (χ2n) is 7.51. The minimum atomic E-state index is -1.46. The van der Waals surface area contributed by atoms with Gasteiger partial charge in [0.1, 0.15) is 37.6 Å². The molecule has 0 saturated carbocycles.